The van der Waals surface area contributed by atoms with Crippen molar-refractivity contribution in [2.45, 2.75) is 24.3 Å². The standard InChI is InChI=1S/C22H21BrN2O6S/c1-3-13-24(32(29,30)18-11-7-16(23)8-12-18)19-14-20(26)25(21(19)27)17-9-5-15(6-10-17)22(28)31-4-2/h3,5-12,19H,1,4,13-14H2,2H3. The minimum atomic E-state index is -4.07. The van der Waals surface area contributed by atoms with Crippen LogP contribution in [-0.2, 0) is 24.3 Å². The van der Waals surface area contributed by atoms with E-state index in [9.17, 15) is 22.8 Å². The van der Waals surface area contributed by atoms with Crippen LogP contribution in [-0.4, -0.2) is 49.7 Å². The molecule has 8 nitrogen and oxygen atoms in total. The first-order chi connectivity index (χ1) is 15.2. The Kier molecular flexibility index (Phi) is 7.27. The molecule has 1 heterocycles. The Morgan fingerprint density at radius 3 is 2.38 bits per heavy atom. The smallest absolute Gasteiger partial charge is 0.338 e. The van der Waals surface area contributed by atoms with E-state index in [1.54, 1.807) is 19.1 Å². The summed E-state index contributed by atoms with van der Waals surface area (Å²) in [4.78, 5) is 38.6. The molecule has 0 aromatic heterocycles. The quantitative estimate of drug-likeness (QED) is 0.301. The molecule has 0 aliphatic carbocycles. The van der Waals surface area contributed by atoms with Gasteiger partial charge in [0.1, 0.15) is 6.04 Å². The maximum absolute atomic E-state index is 13.2. The summed E-state index contributed by atoms with van der Waals surface area (Å²) in [5, 5.41) is 0. The first-order valence-corrected chi connectivity index (χ1v) is 12.0. The van der Waals surface area contributed by atoms with E-state index < -0.39 is 33.8 Å². The van der Waals surface area contributed by atoms with Crippen LogP contribution >= 0.6 is 15.9 Å². The Labute approximate surface area is 194 Å². The molecule has 0 saturated carbocycles. The van der Waals surface area contributed by atoms with Gasteiger partial charge in [-0.25, -0.2) is 18.1 Å². The maximum atomic E-state index is 13.2. The predicted octanol–water partition coefficient (Wildman–Crippen LogP) is 3.13. The molecular formula is C22H21BrN2O6S. The van der Waals surface area contributed by atoms with E-state index in [0.717, 1.165) is 9.21 Å². The van der Waals surface area contributed by atoms with Crippen LogP contribution < -0.4 is 4.90 Å². The van der Waals surface area contributed by atoms with Gasteiger partial charge in [0.2, 0.25) is 15.9 Å². The zero-order valence-electron chi connectivity index (χ0n) is 17.2. The molecule has 2 aromatic rings. The number of hydrogen-bond donors (Lipinski definition) is 0. The number of amides is 2. The van der Waals surface area contributed by atoms with Crippen molar-refractivity contribution in [2.24, 2.45) is 0 Å². The van der Waals surface area contributed by atoms with Crippen LogP contribution in [0, 0.1) is 0 Å². The lowest BCUT2D eigenvalue weighted by atomic mass is 10.2. The van der Waals surface area contributed by atoms with Crippen LogP contribution in [0.15, 0.2) is 70.6 Å². The molecule has 0 N–H and O–H groups in total. The molecule has 1 aliphatic heterocycles. The number of carbonyl (C=O) groups excluding carboxylic acids is 3. The van der Waals surface area contributed by atoms with E-state index in [0.29, 0.717) is 4.47 Å². The molecule has 1 atom stereocenters. The molecule has 2 amide bonds. The number of sulfonamides is 1. The van der Waals surface area contributed by atoms with E-state index >= 15 is 0 Å². The molecule has 1 aliphatic rings. The van der Waals surface area contributed by atoms with Gasteiger partial charge < -0.3 is 4.74 Å². The summed E-state index contributed by atoms with van der Waals surface area (Å²) in [5.74, 6) is -1.72. The average molecular weight is 521 g/mol. The Hall–Kier alpha value is -2.82. The number of imide groups is 1. The molecule has 1 unspecified atom stereocenters. The van der Waals surface area contributed by atoms with Crippen molar-refractivity contribution >= 4 is 49.4 Å². The molecule has 0 spiro atoms. The second kappa shape index (κ2) is 9.76. The molecule has 32 heavy (non-hydrogen) atoms. The van der Waals surface area contributed by atoms with E-state index in [1.165, 1.54) is 42.5 Å². The molecule has 2 aromatic carbocycles. The van der Waals surface area contributed by atoms with Gasteiger partial charge in [-0.2, -0.15) is 4.31 Å². The summed E-state index contributed by atoms with van der Waals surface area (Å²) in [7, 11) is -4.07. The van der Waals surface area contributed by atoms with Gasteiger partial charge in [-0.1, -0.05) is 22.0 Å². The molecule has 168 valence electrons. The van der Waals surface area contributed by atoms with Crippen molar-refractivity contribution in [1.29, 1.82) is 0 Å². The van der Waals surface area contributed by atoms with E-state index in [-0.39, 0.29) is 35.7 Å². The fourth-order valence-corrected chi connectivity index (χ4v) is 5.15. The van der Waals surface area contributed by atoms with Crippen LogP contribution in [0.25, 0.3) is 0 Å². The number of ether oxygens (including phenoxy) is 1. The lowest BCUT2D eigenvalue weighted by molar-refractivity contribution is -0.122. The van der Waals surface area contributed by atoms with Gasteiger partial charge in [0, 0.05) is 11.0 Å². The third-order valence-corrected chi connectivity index (χ3v) is 7.25. The monoisotopic (exact) mass is 520 g/mol. The number of halogens is 1. The molecule has 0 bridgehead atoms. The largest absolute Gasteiger partial charge is 0.462 e. The second-order valence-corrected chi connectivity index (χ2v) is 9.68. The van der Waals surface area contributed by atoms with Gasteiger partial charge in [0.05, 0.1) is 29.2 Å². The van der Waals surface area contributed by atoms with Crippen LogP contribution in [0.4, 0.5) is 5.69 Å². The molecule has 1 fully saturated rings. The van der Waals surface area contributed by atoms with Crippen molar-refractivity contribution in [1.82, 2.24) is 4.31 Å². The first-order valence-electron chi connectivity index (χ1n) is 9.73. The number of esters is 1. The second-order valence-electron chi connectivity index (χ2n) is 6.87. The van der Waals surface area contributed by atoms with Gasteiger partial charge in [-0.05, 0) is 55.5 Å². The maximum Gasteiger partial charge on any atom is 0.338 e. The van der Waals surface area contributed by atoms with Crippen LogP contribution in [0.3, 0.4) is 0 Å². The minimum Gasteiger partial charge on any atom is -0.462 e. The van der Waals surface area contributed by atoms with Crippen LogP contribution in [0.5, 0.6) is 0 Å². The highest BCUT2D eigenvalue weighted by Gasteiger charge is 2.46. The zero-order chi connectivity index (χ0) is 23.5. The molecule has 10 heteroatoms. The molecule has 1 saturated heterocycles. The topological polar surface area (TPSA) is 101 Å². The fourth-order valence-electron chi connectivity index (χ4n) is 3.34. The number of nitrogens with zero attached hydrogens (tertiary/aromatic N) is 2. The van der Waals surface area contributed by atoms with Crippen molar-refractivity contribution in [3.8, 4) is 0 Å². The van der Waals surface area contributed by atoms with Gasteiger partial charge in [0.15, 0.2) is 0 Å². The van der Waals surface area contributed by atoms with E-state index in [2.05, 4.69) is 22.5 Å². The highest BCUT2D eigenvalue weighted by atomic mass is 79.9. The number of carbonyl (C=O) groups is 3. The minimum absolute atomic E-state index is 0.0000356. The van der Waals surface area contributed by atoms with Gasteiger partial charge in [-0.3, -0.25) is 9.59 Å². The van der Waals surface area contributed by atoms with Crippen molar-refractivity contribution in [3.05, 3.63) is 71.2 Å². The summed E-state index contributed by atoms with van der Waals surface area (Å²) in [5.41, 5.74) is 0.521. The third-order valence-electron chi connectivity index (χ3n) is 4.84. The Bertz CT molecular complexity index is 1150. The van der Waals surface area contributed by atoms with E-state index in [1.807, 2.05) is 0 Å². The van der Waals surface area contributed by atoms with Crippen LogP contribution in [0.1, 0.15) is 23.7 Å². The van der Waals surface area contributed by atoms with Gasteiger partial charge >= 0.3 is 5.97 Å². The summed E-state index contributed by atoms with van der Waals surface area (Å²) in [6.45, 7) is 5.35. The Morgan fingerprint density at radius 2 is 1.81 bits per heavy atom. The SMILES string of the molecule is C=CCN(C1CC(=O)N(c2ccc(C(=O)OCC)cc2)C1=O)S(=O)(=O)c1ccc(Br)cc1. The summed E-state index contributed by atoms with van der Waals surface area (Å²) in [6.07, 6.45) is 1.06. The lowest BCUT2D eigenvalue weighted by Crippen LogP contribution is -2.45. The third kappa shape index (κ3) is 4.67. The Morgan fingerprint density at radius 1 is 1.19 bits per heavy atom. The van der Waals surface area contributed by atoms with Crippen LogP contribution in [0.2, 0.25) is 0 Å². The van der Waals surface area contributed by atoms with Crippen molar-refractivity contribution < 1.29 is 27.5 Å². The summed E-state index contributed by atoms with van der Waals surface area (Å²) < 4.78 is 33.1. The average Bonchev–Trinajstić information content (AvgIpc) is 3.06. The van der Waals surface area contributed by atoms with Crippen molar-refractivity contribution in [2.75, 3.05) is 18.1 Å². The number of rotatable bonds is 8. The summed E-state index contributed by atoms with van der Waals surface area (Å²) in [6, 6.07) is 10.6. The number of anilines is 1. The normalized spacial score (nSPS) is 16.5. The fraction of sp³-hybridized carbons (Fsp3) is 0.227. The van der Waals surface area contributed by atoms with Crippen molar-refractivity contribution in [3.63, 3.8) is 0 Å². The number of benzene rings is 2. The Balaban J connectivity index is 1.91. The first kappa shape index (κ1) is 23.8. The number of hydrogen-bond acceptors (Lipinski definition) is 6. The summed E-state index contributed by atoms with van der Waals surface area (Å²) >= 11 is 3.26. The van der Waals surface area contributed by atoms with Gasteiger partial charge in [-0.15, -0.1) is 6.58 Å². The predicted molar refractivity (Wildman–Crippen MR) is 122 cm³/mol. The molecular weight excluding hydrogens is 500 g/mol. The molecule has 3 rings (SSSR count). The lowest BCUT2D eigenvalue weighted by Gasteiger charge is -2.25. The molecule has 0 radical (unpaired) electrons. The highest BCUT2D eigenvalue weighted by molar-refractivity contribution is 9.10. The zero-order valence-corrected chi connectivity index (χ0v) is 19.6. The van der Waals surface area contributed by atoms with E-state index in [4.69, 9.17) is 4.74 Å². The highest BCUT2D eigenvalue weighted by Crippen LogP contribution is 2.30. The van der Waals surface area contributed by atoms with Gasteiger partial charge in [0.25, 0.3) is 5.91 Å².